The smallest absolute Gasteiger partial charge is 0.226 e. The summed E-state index contributed by atoms with van der Waals surface area (Å²) in [6, 6.07) is 11.2. The van der Waals surface area contributed by atoms with Crippen molar-refractivity contribution in [1.82, 2.24) is 4.90 Å². The third-order valence-electron chi connectivity index (χ3n) is 5.29. The van der Waals surface area contributed by atoms with E-state index >= 15 is 0 Å². The number of phenolic OH excluding ortho intramolecular Hbond substituents is 1. The Morgan fingerprint density at radius 3 is 2.73 bits per heavy atom. The summed E-state index contributed by atoms with van der Waals surface area (Å²) in [6.45, 7) is 1.41. The number of benzene rings is 2. The molecule has 2 aliphatic rings. The van der Waals surface area contributed by atoms with Gasteiger partial charge in [-0.3, -0.25) is 4.79 Å². The van der Waals surface area contributed by atoms with Crippen LogP contribution in [-0.2, 0) is 11.3 Å². The van der Waals surface area contributed by atoms with E-state index in [0.29, 0.717) is 30.5 Å². The first-order chi connectivity index (χ1) is 12.6. The second-order valence-electron chi connectivity index (χ2n) is 7.08. The lowest BCUT2D eigenvalue weighted by atomic mass is 10.0. The maximum atomic E-state index is 12.8. The molecule has 5 heteroatoms. The normalized spacial score (nSPS) is 17.5. The number of carbonyl (C=O) groups is 1. The molecule has 0 radical (unpaired) electrons. The van der Waals surface area contributed by atoms with Crippen LogP contribution in [0.3, 0.4) is 0 Å². The van der Waals surface area contributed by atoms with Crippen LogP contribution in [0.2, 0.25) is 5.02 Å². The van der Waals surface area contributed by atoms with Gasteiger partial charge in [-0.15, -0.1) is 0 Å². The lowest BCUT2D eigenvalue weighted by Crippen LogP contribution is -2.36. The Balaban J connectivity index is 1.66. The van der Waals surface area contributed by atoms with Gasteiger partial charge in [0.1, 0.15) is 6.61 Å². The zero-order valence-corrected chi connectivity index (χ0v) is 15.3. The van der Waals surface area contributed by atoms with Crippen molar-refractivity contribution in [2.24, 2.45) is 5.92 Å². The Bertz CT molecular complexity index is 830. The Labute approximate surface area is 158 Å². The number of rotatable bonds is 2. The minimum Gasteiger partial charge on any atom is -0.504 e. The van der Waals surface area contributed by atoms with Crippen LogP contribution in [-0.4, -0.2) is 29.1 Å². The maximum absolute atomic E-state index is 12.8. The molecule has 0 spiro atoms. The van der Waals surface area contributed by atoms with Gasteiger partial charge in [0.05, 0.1) is 6.54 Å². The second-order valence-corrected chi connectivity index (χ2v) is 7.52. The van der Waals surface area contributed by atoms with Crippen molar-refractivity contribution in [1.29, 1.82) is 0 Å². The summed E-state index contributed by atoms with van der Waals surface area (Å²) in [6.07, 6.45) is 4.24. The molecule has 2 aromatic carbocycles. The van der Waals surface area contributed by atoms with Crippen LogP contribution in [0.1, 0.15) is 31.2 Å². The predicted molar refractivity (Wildman–Crippen MR) is 101 cm³/mol. The molecule has 1 saturated carbocycles. The van der Waals surface area contributed by atoms with Crippen LogP contribution in [0.25, 0.3) is 11.1 Å². The van der Waals surface area contributed by atoms with Gasteiger partial charge in [0.2, 0.25) is 5.91 Å². The Morgan fingerprint density at radius 2 is 1.96 bits per heavy atom. The van der Waals surface area contributed by atoms with Crippen molar-refractivity contribution in [3.63, 3.8) is 0 Å². The number of fused-ring (bicyclic) bond motifs is 1. The molecule has 0 bridgehead atoms. The molecule has 4 rings (SSSR count). The van der Waals surface area contributed by atoms with E-state index in [0.717, 1.165) is 42.4 Å². The molecule has 1 N–H and O–H groups in total. The van der Waals surface area contributed by atoms with Crippen LogP contribution in [0.5, 0.6) is 11.5 Å². The van der Waals surface area contributed by atoms with Crippen molar-refractivity contribution in [2.45, 2.75) is 32.2 Å². The number of phenols is 1. The number of halogens is 1. The molecular formula is C21H22ClNO3. The van der Waals surface area contributed by atoms with Gasteiger partial charge in [0.25, 0.3) is 0 Å². The minimum atomic E-state index is 0.104. The SMILES string of the molecule is O=C(C1CCCC1)N1CCOc2c(O)cc(-c3cccc(Cl)c3)cc2C1. The number of hydrogen-bond donors (Lipinski definition) is 1. The fourth-order valence-corrected chi connectivity index (χ4v) is 4.14. The zero-order chi connectivity index (χ0) is 18.1. The summed E-state index contributed by atoms with van der Waals surface area (Å²) in [5, 5.41) is 11.1. The molecule has 1 heterocycles. The zero-order valence-electron chi connectivity index (χ0n) is 14.6. The average Bonchev–Trinajstić information content (AvgIpc) is 3.08. The van der Waals surface area contributed by atoms with Crippen molar-refractivity contribution in [3.05, 3.63) is 47.0 Å². The van der Waals surface area contributed by atoms with Gasteiger partial charge in [-0.05, 0) is 48.2 Å². The molecule has 0 aromatic heterocycles. The number of amides is 1. The topological polar surface area (TPSA) is 49.8 Å². The first kappa shape index (κ1) is 17.2. The fraction of sp³-hybridized carbons (Fsp3) is 0.381. The van der Waals surface area contributed by atoms with Crippen LogP contribution in [0.15, 0.2) is 36.4 Å². The van der Waals surface area contributed by atoms with E-state index in [1.165, 1.54) is 0 Å². The minimum absolute atomic E-state index is 0.104. The number of carbonyl (C=O) groups excluding carboxylic acids is 1. The summed E-state index contributed by atoms with van der Waals surface area (Å²) in [7, 11) is 0. The molecule has 1 fully saturated rings. The predicted octanol–water partition coefficient (Wildman–Crippen LogP) is 4.62. The molecule has 0 unspecified atom stereocenters. The number of nitrogens with zero attached hydrogens (tertiary/aromatic N) is 1. The molecule has 136 valence electrons. The molecule has 4 nitrogen and oxygen atoms in total. The summed E-state index contributed by atoms with van der Waals surface area (Å²) in [5.41, 5.74) is 2.62. The Hall–Kier alpha value is -2.20. The molecule has 0 atom stereocenters. The monoisotopic (exact) mass is 371 g/mol. The average molecular weight is 372 g/mol. The van der Waals surface area contributed by atoms with E-state index in [1.807, 2.05) is 35.2 Å². The third kappa shape index (κ3) is 3.38. The molecule has 1 aliphatic heterocycles. The third-order valence-corrected chi connectivity index (χ3v) is 5.52. The second kappa shape index (κ2) is 7.20. The molecule has 2 aromatic rings. The van der Waals surface area contributed by atoms with E-state index in [4.69, 9.17) is 16.3 Å². The lowest BCUT2D eigenvalue weighted by molar-refractivity contribution is -0.136. The lowest BCUT2D eigenvalue weighted by Gasteiger charge is -2.23. The van der Waals surface area contributed by atoms with E-state index in [1.54, 1.807) is 6.07 Å². The summed E-state index contributed by atoms with van der Waals surface area (Å²) < 4.78 is 5.77. The largest absolute Gasteiger partial charge is 0.504 e. The number of hydrogen-bond acceptors (Lipinski definition) is 3. The van der Waals surface area contributed by atoms with Crippen molar-refractivity contribution in [3.8, 4) is 22.6 Å². The van der Waals surface area contributed by atoms with Crippen LogP contribution < -0.4 is 4.74 Å². The van der Waals surface area contributed by atoms with E-state index < -0.39 is 0 Å². The first-order valence-electron chi connectivity index (χ1n) is 9.15. The highest BCUT2D eigenvalue weighted by molar-refractivity contribution is 6.30. The highest BCUT2D eigenvalue weighted by Crippen LogP contribution is 2.38. The van der Waals surface area contributed by atoms with Crippen molar-refractivity contribution in [2.75, 3.05) is 13.2 Å². The van der Waals surface area contributed by atoms with Crippen molar-refractivity contribution < 1.29 is 14.6 Å². The van der Waals surface area contributed by atoms with Crippen molar-refractivity contribution >= 4 is 17.5 Å². The van der Waals surface area contributed by atoms with Gasteiger partial charge in [0.15, 0.2) is 11.5 Å². The van der Waals surface area contributed by atoms with Gasteiger partial charge in [-0.25, -0.2) is 0 Å². The molecule has 26 heavy (non-hydrogen) atoms. The Kier molecular flexibility index (Phi) is 4.77. The summed E-state index contributed by atoms with van der Waals surface area (Å²) in [4.78, 5) is 14.7. The van der Waals surface area contributed by atoms with Crippen LogP contribution in [0.4, 0.5) is 0 Å². The number of aromatic hydroxyl groups is 1. The molecule has 0 saturated heterocycles. The van der Waals surface area contributed by atoms with Gasteiger partial charge in [-0.1, -0.05) is 36.6 Å². The van der Waals surface area contributed by atoms with E-state index in [2.05, 4.69) is 0 Å². The molecule has 1 amide bonds. The van der Waals surface area contributed by atoms with Gasteiger partial charge in [0, 0.05) is 23.0 Å². The van der Waals surface area contributed by atoms with Gasteiger partial charge < -0.3 is 14.7 Å². The van der Waals surface area contributed by atoms with Crippen LogP contribution >= 0.6 is 11.6 Å². The summed E-state index contributed by atoms with van der Waals surface area (Å²) >= 11 is 6.10. The molecular weight excluding hydrogens is 350 g/mol. The highest BCUT2D eigenvalue weighted by atomic mass is 35.5. The first-order valence-corrected chi connectivity index (χ1v) is 9.53. The quantitative estimate of drug-likeness (QED) is 0.837. The standard InChI is InChI=1S/C21H22ClNO3/c22-18-7-3-6-15(11-18)16-10-17-13-23(21(25)14-4-1-2-5-14)8-9-26-20(17)19(24)12-16/h3,6-7,10-12,14,24H,1-2,4-5,8-9,13H2. The van der Waals surface area contributed by atoms with Gasteiger partial charge in [-0.2, -0.15) is 0 Å². The molecule has 1 aliphatic carbocycles. The van der Waals surface area contributed by atoms with Crippen LogP contribution in [0, 0.1) is 5.92 Å². The number of ether oxygens (including phenoxy) is 1. The van der Waals surface area contributed by atoms with E-state index in [-0.39, 0.29) is 17.6 Å². The maximum Gasteiger partial charge on any atom is 0.226 e. The fourth-order valence-electron chi connectivity index (χ4n) is 3.95. The van der Waals surface area contributed by atoms with E-state index in [9.17, 15) is 9.90 Å². The highest BCUT2D eigenvalue weighted by Gasteiger charge is 2.29. The van der Waals surface area contributed by atoms with Gasteiger partial charge >= 0.3 is 0 Å². The summed E-state index contributed by atoms with van der Waals surface area (Å²) in [5.74, 6) is 0.943. The Morgan fingerprint density at radius 1 is 1.15 bits per heavy atom.